The Morgan fingerprint density at radius 3 is 3.08 bits per heavy atom. The maximum absolute atomic E-state index is 9.89. The highest BCUT2D eigenvalue weighted by atomic mass is 35.5. The summed E-state index contributed by atoms with van der Waals surface area (Å²) in [7, 11) is 0. The van der Waals surface area contributed by atoms with E-state index in [1.807, 2.05) is 6.07 Å². The van der Waals surface area contributed by atoms with Crippen LogP contribution in [0, 0.1) is 0 Å². The van der Waals surface area contributed by atoms with E-state index in [0.717, 1.165) is 5.56 Å². The second-order valence-corrected chi connectivity index (χ2v) is 2.34. The molecule has 0 aliphatic rings. The smallest absolute Gasteiger partial charge is 0.240 e. The van der Waals surface area contributed by atoms with E-state index in [1.165, 1.54) is 6.08 Å². The second kappa shape index (κ2) is 4.67. The molecular weight excluding hydrogens is 178 g/mol. The third-order valence-corrected chi connectivity index (χ3v) is 1.42. The molecule has 0 N–H and O–H groups in total. The fourth-order valence-electron chi connectivity index (χ4n) is 0.831. The molecule has 0 radical (unpaired) electrons. The van der Waals surface area contributed by atoms with E-state index in [0.29, 0.717) is 12.3 Å². The van der Waals surface area contributed by atoms with Gasteiger partial charge in [-0.15, -0.1) is 0 Å². The Kier molecular flexibility index (Phi) is 3.48. The lowest BCUT2D eigenvalue weighted by molar-refractivity contribution is 0.341. The molecule has 0 saturated heterocycles. The van der Waals surface area contributed by atoms with Gasteiger partial charge in [0, 0.05) is 0 Å². The average molecular weight is 184 g/mol. The van der Waals surface area contributed by atoms with Crippen LogP contribution in [0.5, 0.6) is 0 Å². The first-order chi connectivity index (χ1) is 5.86. The van der Waals surface area contributed by atoms with Gasteiger partial charge in [-0.2, -0.15) is 4.99 Å². The minimum Gasteiger partial charge on any atom is -0.274 e. The van der Waals surface area contributed by atoms with E-state index in [4.69, 9.17) is 11.9 Å². The molecule has 0 heterocycles. The number of isocyanates is 1. The van der Waals surface area contributed by atoms with Crippen molar-refractivity contribution in [2.75, 3.05) is 0 Å². The summed E-state index contributed by atoms with van der Waals surface area (Å²) in [5.41, 5.74) is 1.41. The monoisotopic (exact) mass is 183 g/mol. The average Bonchev–Trinajstić information content (AvgIpc) is 2.06. The summed E-state index contributed by atoms with van der Waals surface area (Å²) < 4.78 is 4.39. The molecule has 0 fully saturated rings. The lowest BCUT2D eigenvalue weighted by atomic mass is 10.2. The van der Waals surface area contributed by atoms with Gasteiger partial charge in [0.2, 0.25) is 6.08 Å². The molecule has 0 aliphatic heterocycles. The van der Waals surface area contributed by atoms with Crippen LogP contribution < -0.4 is 0 Å². The molecule has 1 rings (SSSR count). The zero-order chi connectivity index (χ0) is 8.81. The van der Waals surface area contributed by atoms with Crippen LogP contribution in [0.15, 0.2) is 29.3 Å². The molecule has 4 heteroatoms. The predicted molar refractivity (Wildman–Crippen MR) is 44.9 cm³/mol. The fourth-order valence-corrected chi connectivity index (χ4v) is 0.957. The second-order valence-electron chi connectivity index (χ2n) is 2.13. The maximum Gasteiger partial charge on any atom is 0.240 e. The minimum absolute atomic E-state index is 0.295. The molecule has 12 heavy (non-hydrogen) atoms. The zero-order valence-corrected chi connectivity index (χ0v) is 6.91. The summed E-state index contributed by atoms with van der Waals surface area (Å²) in [6.45, 7) is 0.295. The molecule has 0 aromatic heterocycles. The molecule has 1 aromatic rings. The number of benzene rings is 1. The number of carbonyl (C=O) groups excluding carboxylic acids is 1. The Morgan fingerprint density at radius 2 is 2.42 bits per heavy atom. The van der Waals surface area contributed by atoms with Crippen LogP contribution in [-0.4, -0.2) is 6.08 Å². The first-order valence-electron chi connectivity index (χ1n) is 3.27. The van der Waals surface area contributed by atoms with Gasteiger partial charge in [-0.25, -0.2) is 4.79 Å². The highest BCUT2D eigenvalue weighted by Gasteiger charge is 1.93. The summed E-state index contributed by atoms with van der Waals surface area (Å²) >= 11 is 5.06. The summed E-state index contributed by atoms with van der Waals surface area (Å²) in [4.78, 5) is 13.3. The van der Waals surface area contributed by atoms with Crippen molar-refractivity contribution >= 4 is 23.6 Å². The van der Waals surface area contributed by atoms with Gasteiger partial charge in [0.05, 0.1) is 24.2 Å². The van der Waals surface area contributed by atoms with E-state index < -0.39 is 0 Å². The molecule has 0 bridgehead atoms. The number of hydrogen-bond acceptors (Lipinski definition) is 3. The van der Waals surface area contributed by atoms with Crippen molar-refractivity contribution in [1.29, 1.82) is 0 Å². The van der Waals surface area contributed by atoms with Gasteiger partial charge in [0.1, 0.15) is 0 Å². The van der Waals surface area contributed by atoms with Crippen molar-refractivity contribution in [3.05, 3.63) is 29.8 Å². The summed E-state index contributed by atoms with van der Waals surface area (Å²) in [5.74, 6) is 0. The van der Waals surface area contributed by atoms with Gasteiger partial charge in [-0.3, -0.25) is 4.29 Å². The van der Waals surface area contributed by atoms with Gasteiger partial charge in [-0.05, 0) is 17.7 Å². The number of halogens is 1. The van der Waals surface area contributed by atoms with E-state index >= 15 is 0 Å². The van der Waals surface area contributed by atoms with Crippen molar-refractivity contribution < 1.29 is 9.08 Å². The molecule has 62 valence electrons. The lowest BCUT2D eigenvalue weighted by Gasteiger charge is -1.96. The summed E-state index contributed by atoms with van der Waals surface area (Å²) in [5, 5.41) is 0. The van der Waals surface area contributed by atoms with Crippen LogP contribution >= 0.6 is 11.9 Å². The molecular formula is C8H6ClNO2. The first kappa shape index (κ1) is 8.94. The number of hydrogen-bond donors (Lipinski definition) is 0. The molecule has 0 unspecified atom stereocenters. The third-order valence-electron chi connectivity index (χ3n) is 1.31. The summed E-state index contributed by atoms with van der Waals surface area (Å²) in [6, 6.07) is 6.99. The topological polar surface area (TPSA) is 38.7 Å². The molecule has 0 atom stereocenters. The van der Waals surface area contributed by atoms with E-state index in [-0.39, 0.29) is 0 Å². The van der Waals surface area contributed by atoms with Gasteiger partial charge in [0.15, 0.2) is 0 Å². The molecule has 0 amide bonds. The Bertz CT molecular complexity index is 308. The third kappa shape index (κ3) is 2.47. The fraction of sp³-hybridized carbons (Fsp3) is 0.125. The van der Waals surface area contributed by atoms with Crippen molar-refractivity contribution in [2.45, 2.75) is 6.61 Å². The zero-order valence-electron chi connectivity index (χ0n) is 6.16. The number of nitrogens with zero attached hydrogens (tertiary/aromatic N) is 1. The molecule has 0 aliphatic carbocycles. The van der Waals surface area contributed by atoms with Crippen LogP contribution in [-0.2, 0) is 15.7 Å². The van der Waals surface area contributed by atoms with Gasteiger partial charge in [-0.1, -0.05) is 12.1 Å². The predicted octanol–water partition coefficient (Wildman–Crippen LogP) is 2.32. The molecule has 1 aromatic carbocycles. The summed E-state index contributed by atoms with van der Waals surface area (Å²) in [6.07, 6.45) is 1.45. The Morgan fingerprint density at radius 1 is 1.58 bits per heavy atom. The van der Waals surface area contributed by atoms with E-state index in [2.05, 4.69) is 9.28 Å². The maximum atomic E-state index is 9.89. The standard InChI is InChI=1S/C8H6ClNO2/c9-12-5-7-2-1-3-8(4-7)10-6-11/h1-4H,5H2. The largest absolute Gasteiger partial charge is 0.274 e. The minimum atomic E-state index is 0.295. The quantitative estimate of drug-likeness (QED) is 0.533. The van der Waals surface area contributed by atoms with Gasteiger partial charge < -0.3 is 0 Å². The van der Waals surface area contributed by atoms with Crippen molar-refractivity contribution in [1.82, 2.24) is 0 Å². The highest BCUT2D eigenvalue weighted by molar-refractivity contribution is 6.07. The Labute approximate surface area is 74.8 Å². The van der Waals surface area contributed by atoms with E-state index in [1.54, 1.807) is 18.2 Å². The number of rotatable bonds is 3. The van der Waals surface area contributed by atoms with Gasteiger partial charge >= 0.3 is 0 Å². The van der Waals surface area contributed by atoms with Crippen LogP contribution in [0.25, 0.3) is 0 Å². The van der Waals surface area contributed by atoms with Gasteiger partial charge in [0.25, 0.3) is 0 Å². The normalized spacial score (nSPS) is 9.08. The Hall–Kier alpha value is -1.15. The van der Waals surface area contributed by atoms with Crippen molar-refractivity contribution in [3.63, 3.8) is 0 Å². The Balaban J connectivity index is 2.87. The van der Waals surface area contributed by atoms with Crippen LogP contribution in [0.4, 0.5) is 5.69 Å². The van der Waals surface area contributed by atoms with Crippen molar-refractivity contribution in [2.24, 2.45) is 4.99 Å². The van der Waals surface area contributed by atoms with Crippen LogP contribution in [0.1, 0.15) is 5.56 Å². The SMILES string of the molecule is O=C=Nc1cccc(COCl)c1. The number of aliphatic imine (C=N–C) groups is 1. The molecule has 3 nitrogen and oxygen atoms in total. The highest BCUT2D eigenvalue weighted by Crippen LogP contribution is 2.14. The van der Waals surface area contributed by atoms with Crippen LogP contribution in [0.2, 0.25) is 0 Å². The lowest BCUT2D eigenvalue weighted by Crippen LogP contribution is -1.81. The first-order valence-corrected chi connectivity index (χ1v) is 3.58. The molecule has 0 saturated carbocycles. The van der Waals surface area contributed by atoms with Crippen LogP contribution in [0.3, 0.4) is 0 Å². The van der Waals surface area contributed by atoms with E-state index in [9.17, 15) is 4.79 Å². The molecule has 0 spiro atoms. The van der Waals surface area contributed by atoms with Crippen molar-refractivity contribution in [3.8, 4) is 0 Å².